The molecule has 2 N–H and O–H groups in total. The first-order valence-electron chi connectivity index (χ1n) is 8.91. The maximum atomic E-state index is 12.6. The molecule has 1 amide bonds. The number of hydrogen-bond acceptors (Lipinski definition) is 5. The van der Waals surface area contributed by atoms with E-state index in [1.807, 2.05) is 25.1 Å². The number of carbonyl (C=O) groups is 1. The van der Waals surface area contributed by atoms with Crippen LogP contribution in [-0.4, -0.2) is 55.2 Å². The zero-order valence-electron chi connectivity index (χ0n) is 15.5. The van der Waals surface area contributed by atoms with E-state index in [1.54, 1.807) is 31.4 Å². The molecule has 0 saturated carbocycles. The number of amides is 1. The van der Waals surface area contributed by atoms with Crippen molar-refractivity contribution in [3.05, 3.63) is 47.5 Å². The molecular formula is C20H24ClN3O3. The molecule has 2 aromatic carbocycles. The van der Waals surface area contributed by atoms with Crippen molar-refractivity contribution >= 4 is 28.9 Å². The minimum atomic E-state index is -0.266. The van der Waals surface area contributed by atoms with Crippen LogP contribution in [0.4, 0.5) is 11.4 Å². The van der Waals surface area contributed by atoms with Gasteiger partial charge in [0.1, 0.15) is 11.5 Å². The molecule has 0 bridgehead atoms. The summed E-state index contributed by atoms with van der Waals surface area (Å²) in [4.78, 5) is 16.9. The Balaban J connectivity index is 1.57. The Morgan fingerprint density at radius 2 is 1.89 bits per heavy atom. The molecule has 1 aliphatic rings. The number of methoxy groups -OCH3 is 1. The number of ether oxygens (including phenoxy) is 1. The predicted octanol–water partition coefficient (Wildman–Crippen LogP) is 3.20. The van der Waals surface area contributed by atoms with Crippen LogP contribution in [0, 0.1) is 0 Å². The highest BCUT2D eigenvalue weighted by molar-refractivity contribution is 6.32. The number of rotatable bonds is 5. The molecule has 0 aromatic heterocycles. The van der Waals surface area contributed by atoms with Gasteiger partial charge in [0.2, 0.25) is 5.91 Å². The Bertz CT molecular complexity index is 807. The maximum Gasteiger partial charge on any atom is 0.241 e. The first-order valence-corrected chi connectivity index (χ1v) is 9.29. The number of halogens is 1. The van der Waals surface area contributed by atoms with Crippen molar-refractivity contribution in [2.45, 2.75) is 13.0 Å². The van der Waals surface area contributed by atoms with E-state index >= 15 is 0 Å². The molecule has 1 heterocycles. The highest BCUT2D eigenvalue weighted by atomic mass is 35.5. The molecule has 27 heavy (non-hydrogen) atoms. The molecule has 1 unspecified atom stereocenters. The fourth-order valence-corrected chi connectivity index (χ4v) is 3.50. The van der Waals surface area contributed by atoms with E-state index in [2.05, 4.69) is 15.1 Å². The van der Waals surface area contributed by atoms with Crippen LogP contribution >= 0.6 is 11.6 Å². The molecule has 6 nitrogen and oxygen atoms in total. The fraction of sp³-hybridized carbons (Fsp3) is 0.350. The Labute approximate surface area is 164 Å². The van der Waals surface area contributed by atoms with Crippen molar-refractivity contribution in [1.29, 1.82) is 0 Å². The van der Waals surface area contributed by atoms with Gasteiger partial charge in [0.15, 0.2) is 0 Å². The van der Waals surface area contributed by atoms with E-state index in [0.717, 1.165) is 31.9 Å². The molecule has 1 aliphatic heterocycles. The van der Waals surface area contributed by atoms with Crippen molar-refractivity contribution in [3.63, 3.8) is 0 Å². The van der Waals surface area contributed by atoms with Crippen LogP contribution < -0.4 is 15.0 Å². The SMILES string of the molecule is COc1ccc(NC(=O)C(C)N2CCN(c3ccccc3O)CC2)cc1Cl. The molecule has 1 atom stereocenters. The number of aromatic hydroxyl groups is 1. The van der Waals surface area contributed by atoms with Gasteiger partial charge in [-0.15, -0.1) is 0 Å². The minimum Gasteiger partial charge on any atom is -0.506 e. The fourth-order valence-electron chi connectivity index (χ4n) is 3.24. The Morgan fingerprint density at radius 3 is 2.52 bits per heavy atom. The summed E-state index contributed by atoms with van der Waals surface area (Å²) in [5.41, 5.74) is 1.48. The number of nitrogens with zero attached hydrogens (tertiary/aromatic N) is 2. The number of piperazine rings is 1. The molecular weight excluding hydrogens is 366 g/mol. The summed E-state index contributed by atoms with van der Waals surface area (Å²) >= 11 is 6.12. The average molecular weight is 390 g/mol. The number of carbonyl (C=O) groups excluding carboxylic acids is 1. The van der Waals surface area contributed by atoms with Crippen LogP contribution in [0.5, 0.6) is 11.5 Å². The second-order valence-corrected chi connectivity index (χ2v) is 6.93. The maximum absolute atomic E-state index is 12.6. The van der Waals surface area contributed by atoms with Crippen molar-refractivity contribution < 1.29 is 14.6 Å². The largest absolute Gasteiger partial charge is 0.506 e. The van der Waals surface area contributed by atoms with Crippen LogP contribution in [0.2, 0.25) is 5.02 Å². The monoisotopic (exact) mass is 389 g/mol. The van der Waals surface area contributed by atoms with E-state index < -0.39 is 0 Å². The molecule has 0 aliphatic carbocycles. The Kier molecular flexibility index (Phi) is 6.08. The minimum absolute atomic E-state index is 0.0766. The third kappa shape index (κ3) is 4.46. The summed E-state index contributed by atoms with van der Waals surface area (Å²) < 4.78 is 5.13. The van der Waals surface area contributed by atoms with Gasteiger partial charge in [-0.1, -0.05) is 23.7 Å². The zero-order chi connectivity index (χ0) is 19.4. The van der Waals surface area contributed by atoms with Crippen LogP contribution in [0.1, 0.15) is 6.92 Å². The van der Waals surface area contributed by atoms with Gasteiger partial charge >= 0.3 is 0 Å². The average Bonchev–Trinajstić information content (AvgIpc) is 2.68. The lowest BCUT2D eigenvalue weighted by atomic mass is 10.2. The van der Waals surface area contributed by atoms with Gasteiger partial charge in [0.25, 0.3) is 0 Å². The lowest BCUT2D eigenvalue weighted by Gasteiger charge is -2.38. The number of benzene rings is 2. The first-order chi connectivity index (χ1) is 13.0. The molecule has 2 aromatic rings. The lowest BCUT2D eigenvalue weighted by molar-refractivity contribution is -0.120. The molecule has 7 heteroatoms. The van der Waals surface area contributed by atoms with Gasteiger partial charge < -0.3 is 20.1 Å². The van der Waals surface area contributed by atoms with Crippen LogP contribution in [0.15, 0.2) is 42.5 Å². The van der Waals surface area contributed by atoms with Crippen LogP contribution in [0.3, 0.4) is 0 Å². The topological polar surface area (TPSA) is 65.0 Å². The van der Waals surface area contributed by atoms with E-state index in [1.165, 1.54) is 0 Å². The van der Waals surface area contributed by atoms with Gasteiger partial charge in [0.05, 0.1) is 23.9 Å². The van der Waals surface area contributed by atoms with E-state index in [0.29, 0.717) is 16.5 Å². The second-order valence-electron chi connectivity index (χ2n) is 6.53. The molecule has 144 valence electrons. The molecule has 0 spiro atoms. The normalized spacial score (nSPS) is 16.0. The zero-order valence-corrected chi connectivity index (χ0v) is 16.2. The number of para-hydroxylation sites is 2. The number of nitrogens with one attached hydrogen (secondary N) is 1. The van der Waals surface area contributed by atoms with Gasteiger partial charge in [-0.2, -0.15) is 0 Å². The lowest BCUT2D eigenvalue weighted by Crippen LogP contribution is -2.52. The predicted molar refractivity (Wildman–Crippen MR) is 108 cm³/mol. The quantitative estimate of drug-likeness (QED) is 0.822. The molecule has 3 rings (SSSR count). The van der Waals surface area contributed by atoms with Crippen molar-refractivity contribution in [2.24, 2.45) is 0 Å². The highest BCUT2D eigenvalue weighted by Gasteiger charge is 2.26. The third-order valence-electron chi connectivity index (χ3n) is 4.88. The Hall–Kier alpha value is -2.44. The summed E-state index contributed by atoms with van der Waals surface area (Å²) in [6.45, 7) is 4.89. The molecule has 0 radical (unpaired) electrons. The van der Waals surface area contributed by atoms with Crippen molar-refractivity contribution in [3.8, 4) is 11.5 Å². The summed E-state index contributed by atoms with van der Waals surface area (Å²) in [6, 6.07) is 12.2. The standard InChI is InChI=1S/C20H24ClN3O3/c1-14(20(26)22-15-7-8-19(27-2)16(21)13-15)23-9-11-24(12-10-23)17-5-3-4-6-18(17)25/h3-8,13-14,25H,9-12H2,1-2H3,(H,22,26). The molecule has 1 saturated heterocycles. The highest BCUT2D eigenvalue weighted by Crippen LogP contribution is 2.28. The summed E-state index contributed by atoms with van der Waals surface area (Å²) in [6.07, 6.45) is 0. The van der Waals surface area contributed by atoms with E-state index in [4.69, 9.17) is 16.3 Å². The number of phenols is 1. The van der Waals surface area contributed by atoms with Crippen LogP contribution in [-0.2, 0) is 4.79 Å². The van der Waals surface area contributed by atoms with Crippen molar-refractivity contribution in [1.82, 2.24) is 4.90 Å². The number of hydrogen-bond donors (Lipinski definition) is 2. The molecule has 1 fully saturated rings. The van der Waals surface area contributed by atoms with Gasteiger partial charge in [-0.25, -0.2) is 0 Å². The van der Waals surface area contributed by atoms with E-state index in [-0.39, 0.29) is 17.7 Å². The van der Waals surface area contributed by atoms with E-state index in [9.17, 15) is 9.90 Å². The second kappa shape index (κ2) is 8.50. The number of anilines is 2. The summed E-state index contributed by atoms with van der Waals surface area (Å²) in [7, 11) is 1.55. The van der Waals surface area contributed by atoms with Gasteiger partial charge in [0, 0.05) is 31.9 Å². The third-order valence-corrected chi connectivity index (χ3v) is 5.18. The Morgan fingerprint density at radius 1 is 1.19 bits per heavy atom. The summed E-state index contributed by atoms with van der Waals surface area (Å²) in [5, 5.41) is 13.4. The van der Waals surface area contributed by atoms with Gasteiger partial charge in [-0.05, 0) is 37.3 Å². The smallest absolute Gasteiger partial charge is 0.241 e. The first kappa shape index (κ1) is 19.3. The van der Waals surface area contributed by atoms with Gasteiger partial charge in [-0.3, -0.25) is 9.69 Å². The number of phenolic OH excluding ortho intramolecular Hbond substituents is 1. The van der Waals surface area contributed by atoms with Crippen molar-refractivity contribution in [2.75, 3.05) is 43.5 Å². The van der Waals surface area contributed by atoms with Crippen LogP contribution in [0.25, 0.3) is 0 Å². The summed E-state index contributed by atoms with van der Waals surface area (Å²) in [5.74, 6) is 0.781.